The van der Waals surface area contributed by atoms with E-state index in [9.17, 15) is 0 Å². The lowest BCUT2D eigenvalue weighted by molar-refractivity contribution is 0.341. The predicted molar refractivity (Wildman–Crippen MR) is 139 cm³/mol. The standard InChI is InChI=1S/C27H26N6O2S/c1-4-34-23-14-8-6-12-21(23)25-29-24(35-32-25)17-36-27-31-30-26(19-10-9-15-28-16-19)33(27)22-13-7-5-11-20(22)18(2)3/h5-16,18H,4,17H2,1-3H3. The summed E-state index contributed by atoms with van der Waals surface area (Å²) in [5, 5.41) is 14.0. The molecule has 0 saturated carbocycles. The van der Waals surface area contributed by atoms with Crippen LogP contribution in [0.25, 0.3) is 28.5 Å². The van der Waals surface area contributed by atoms with Gasteiger partial charge in [0.1, 0.15) is 5.75 Å². The normalized spacial score (nSPS) is 11.2. The summed E-state index contributed by atoms with van der Waals surface area (Å²) < 4.78 is 13.4. The molecule has 5 rings (SSSR count). The van der Waals surface area contributed by atoms with Gasteiger partial charge in [-0.15, -0.1) is 10.2 Å². The summed E-state index contributed by atoms with van der Waals surface area (Å²) in [6.45, 7) is 6.87. The summed E-state index contributed by atoms with van der Waals surface area (Å²) in [6, 6.07) is 19.9. The maximum absolute atomic E-state index is 5.72. The molecule has 8 nitrogen and oxygen atoms in total. The monoisotopic (exact) mass is 498 g/mol. The topological polar surface area (TPSA) is 91.8 Å². The van der Waals surface area contributed by atoms with Gasteiger partial charge in [0.2, 0.25) is 11.7 Å². The van der Waals surface area contributed by atoms with E-state index in [1.54, 1.807) is 12.4 Å². The third-order valence-electron chi connectivity index (χ3n) is 5.57. The summed E-state index contributed by atoms with van der Waals surface area (Å²) in [6.07, 6.45) is 3.55. The van der Waals surface area contributed by atoms with Gasteiger partial charge in [-0.25, -0.2) is 0 Å². The smallest absolute Gasteiger partial charge is 0.237 e. The zero-order chi connectivity index (χ0) is 24.9. The van der Waals surface area contributed by atoms with Crippen LogP contribution in [-0.4, -0.2) is 36.5 Å². The van der Waals surface area contributed by atoms with Crippen molar-refractivity contribution in [2.24, 2.45) is 0 Å². The number of rotatable bonds is 9. The fourth-order valence-electron chi connectivity index (χ4n) is 3.92. The van der Waals surface area contributed by atoms with E-state index >= 15 is 0 Å². The van der Waals surface area contributed by atoms with Gasteiger partial charge in [0.25, 0.3) is 0 Å². The lowest BCUT2D eigenvalue weighted by Crippen LogP contribution is -2.05. The van der Waals surface area contributed by atoms with Crippen LogP contribution in [0, 0.1) is 0 Å². The highest BCUT2D eigenvalue weighted by molar-refractivity contribution is 7.98. The van der Waals surface area contributed by atoms with E-state index in [-0.39, 0.29) is 0 Å². The van der Waals surface area contributed by atoms with Gasteiger partial charge in [-0.3, -0.25) is 9.55 Å². The maximum Gasteiger partial charge on any atom is 0.237 e. The highest BCUT2D eigenvalue weighted by Crippen LogP contribution is 2.33. The second-order valence-electron chi connectivity index (χ2n) is 8.33. The van der Waals surface area contributed by atoms with Crippen molar-refractivity contribution in [3.63, 3.8) is 0 Å². The van der Waals surface area contributed by atoms with Crippen LogP contribution in [0.15, 0.2) is 82.7 Å². The minimum atomic E-state index is 0.326. The van der Waals surface area contributed by atoms with Crippen LogP contribution in [0.5, 0.6) is 5.75 Å². The van der Waals surface area contributed by atoms with E-state index in [0.29, 0.717) is 30.0 Å². The molecule has 0 aliphatic rings. The van der Waals surface area contributed by atoms with Crippen molar-refractivity contribution < 1.29 is 9.26 Å². The third-order valence-corrected chi connectivity index (χ3v) is 6.49. The van der Waals surface area contributed by atoms with Crippen LogP contribution in [-0.2, 0) is 5.75 Å². The second kappa shape index (κ2) is 10.7. The van der Waals surface area contributed by atoms with Crippen molar-refractivity contribution in [3.8, 4) is 34.2 Å². The lowest BCUT2D eigenvalue weighted by atomic mass is 10.0. The number of ether oxygens (including phenoxy) is 1. The first kappa shape index (κ1) is 23.7. The molecular formula is C27H26N6O2S. The Hall–Kier alpha value is -3.98. The van der Waals surface area contributed by atoms with Gasteiger partial charge in [-0.1, -0.05) is 61.1 Å². The van der Waals surface area contributed by atoms with Crippen molar-refractivity contribution in [2.75, 3.05) is 6.61 Å². The van der Waals surface area contributed by atoms with E-state index in [0.717, 1.165) is 33.5 Å². The first-order chi connectivity index (χ1) is 17.7. The molecular weight excluding hydrogens is 472 g/mol. The zero-order valence-corrected chi connectivity index (χ0v) is 21.1. The minimum Gasteiger partial charge on any atom is -0.493 e. The van der Waals surface area contributed by atoms with Crippen LogP contribution in [0.3, 0.4) is 0 Å². The van der Waals surface area contributed by atoms with Crippen molar-refractivity contribution in [1.29, 1.82) is 0 Å². The first-order valence-electron chi connectivity index (χ1n) is 11.8. The van der Waals surface area contributed by atoms with Crippen molar-refractivity contribution in [3.05, 3.63) is 84.5 Å². The fourth-order valence-corrected chi connectivity index (χ4v) is 4.71. The van der Waals surface area contributed by atoms with Crippen molar-refractivity contribution >= 4 is 11.8 Å². The summed E-state index contributed by atoms with van der Waals surface area (Å²) in [4.78, 5) is 8.88. The van der Waals surface area contributed by atoms with Crippen LogP contribution in [0.4, 0.5) is 0 Å². The predicted octanol–water partition coefficient (Wildman–Crippen LogP) is 6.19. The number of benzene rings is 2. The van der Waals surface area contributed by atoms with E-state index in [2.05, 4.69) is 61.9 Å². The molecule has 3 aromatic heterocycles. The van der Waals surface area contributed by atoms with Crippen molar-refractivity contribution in [2.45, 2.75) is 37.6 Å². The number of thioether (sulfide) groups is 1. The molecule has 0 aliphatic heterocycles. The summed E-state index contributed by atoms with van der Waals surface area (Å²) in [7, 11) is 0. The molecule has 2 aromatic carbocycles. The third kappa shape index (κ3) is 4.87. The molecule has 3 heterocycles. The van der Waals surface area contributed by atoms with Crippen molar-refractivity contribution in [1.82, 2.24) is 29.9 Å². The average Bonchev–Trinajstić information content (AvgIpc) is 3.56. The molecule has 182 valence electrons. The molecule has 0 N–H and O–H groups in total. The largest absolute Gasteiger partial charge is 0.493 e. The molecule has 0 spiro atoms. The van der Waals surface area contributed by atoms with Crippen LogP contribution in [0.2, 0.25) is 0 Å². The summed E-state index contributed by atoms with van der Waals surface area (Å²) in [5.41, 5.74) is 3.93. The van der Waals surface area contributed by atoms with E-state index in [1.165, 1.54) is 17.3 Å². The van der Waals surface area contributed by atoms with Gasteiger partial charge in [0.05, 0.1) is 23.6 Å². The molecule has 0 saturated heterocycles. The lowest BCUT2D eigenvalue weighted by Gasteiger charge is -2.16. The Labute approximate surface area is 213 Å². The Morgan fingerprint density at radius 3 is 2.64 bits per heavy atom. The highest BCUT2D eigenvalue weighted by atomic mass is 32.2. The number of aromatic nitrogens is 6. The Kier molecular flexibility index (Phi) is 7.08. The quantitative estimate of drug-likeness (QED) is 0.222. The number of hydrogen-bond donors (Lipinski definition) is 0. The Morgan fingerprint density at radius 2 is 1.83 bits per heavy atom. The zero-order valence-electron chi connectivity index (χ0n) is 20.3. The van der Waals surface area contributed by atoms with Gasteiger partial charge in [0.15, 0.2) is 11.0 Å². The molecule has 0 fully saturated rings. The first-order valence-corrected chi connectivity index (χ1v) is 12.8. The molecule has 0 amide bonds. The summed E-state index contributed by atoms with van der Waals surface area (Å²) in [5.74, 6) is 3.22. The van der Waals surface area contributed by atoms with E-state index in [4.69, 9.17) is 9.26 Å². The molecule has 0 radical (unpaired) electrons. The van der Waals surface area contributed by atoms with Gasteiger partial charge in [0, 0.05) is 18.0 Å². The SMILES string of the molecule is CCOc1ccccc1-c1noc(CSc2nnc(-c3cccnc3)n2-c2ccccc2C(C)C)n1. The second-order valence-corrected chi connectivity index (χ2v) is 9.27. The highest BCUT2D eigenvalue weighted by Gasteiger charge is 2.21. The number of para-hydroxylation sites is 2. The number of hydrogen-bond acceptors (Lipinski definition) is 8. The molecule has 0 aliphatic carbocycles. The van der Waals surface area contributed by atoms with Crippen LogP contribution < -0.4 is 4.74 Å². The van der Waals surface area contributed by atoms with Gasteiger partial charge < -0.3 is 9.26 Å². The fraction of sp³-hybridized carbons (Fsp3) is 0.222. The average molecular weight is 499 g/mol. The molecule has 0 bridgehead atoms. The van der Waals surface area contributed by atoms with E-state index in [1.807, 2.05) is 49.4 Å². The van der Waals surface area contributed by atoms with Crippen LogP contribution in [0.1, 0.15) is 38.1 Å². The van der Waals surface area contributed by atoms with Gasteiger partial charge >= 0.3 is 0 Å². The maximum atomic E-state index is 5.72. The molecule has 0 atom stereocenters. The molecule has 9 heteroatoms. The number of nitrogens with zero attached hydrogens (tertiary/aromatic N) is 6. The molecule has 36 heavy (non-hydrogen) atoms. The van der Waals surface area contributed by atoms with E-state index < -0.39 is 0 Å². The summed E-state index contributed by atoms with van der Waals surface area (Å²) >= 11 is 1.50. The number of pyridine rings is 1. The minimum absolute atomic E-state index is 0.326. The molecule has 5 aromatic rings. The Bertz CT molecular complexity index is 1450. The Balaban J connectivity index is 1.47. The Morgan fingerprint density at radius 1 is 1.00 bits per heavy atom. The van der Waals surface area contributed by atoms with Crippen LogP contribution >= 0.6 is 11.8 Å². The van der Waals surface area contributed by atoms with Gasteiger partial charge in [-0.05, 0) is 48.7 Å². The molecule has 0 unspecified atom stereocenters. The van der Waals surface area contributed by atoms with Gasteiger partial charge in [-0.2, -0.15) is 4.98 Å².